The minimum absolute atomic E-state index is 0.0487. The largest absolute Gasteiger partial charge is 0.478 e. The van der Waals surface area contributed by atoms with Crippen molar-refractivity contribution in [3.05, 3.63) is 58.6 Å². The first-order valence-electron chi connectivity index (χ1n) is 5.63. The highest BCUT2D eigenvalue weighted by atomic mass is 35.5. The van der Waals surface area contributed by atoms with E-state index in [1.165, 1.54) is 19.1 Å². The van der Waals surface area contributed by atoms with Crippen LogP contribution in [0.15, 0.2) is 42.5 Å². The molecule has 0 saturated heterocycles. The van der Waals surface area contributed by atoms with Gasteiger partial charge in [-0.3, -0.25) is 4.79 Å². The highest BCUT2D eigenvalue weighted by Crippen LogP contribution is 2.29. The maximum absolute atomic E-state index is 11.4. The van der Waals surface area contributed by atoms with Gasteiger partial charge in [0.25, 0.3) is 0 Å². The number of carbonyl (C=O) groups excluding carboxylic acids is 1. The van der Waals surface area contributed by atoms with Crippen molar-refractivity contribution in [3.63, 3.8) is 0 Å². The summed E-state index contributed by atoms with van der Waals surface area (Å²) in [5.41, 5.74) is 2.05. The van der Waals surface area contributed by atoms with Crippen LogP contribution in [-0.4, -0.2) is 16.9 Å². The topological polar surface area (TPSA) is 54.4 Å². The standard InChI is InChI=1S/C15H11ClO3/c1-9(17)10-3-2-4-11(7-10)13-8-12(15(18)19)5-6-14(13)16/h2-8H,1H3,(H,18,19). The van der Waals surface area contributed by atoms with Crippen LogP contribution in [0.4, 0.5) is 0 Å². The molecule has 0 aliphatic carbocycles. The highest BCUT2D eigenvalue weighted by Gasteiger charge is 2.10. The molecule has 0 spiro atoms. The molecule has 0 radical (unpaired) electrons. The average molecular weight is 275 g/mol. The minimum Gasteiger partial charge on any atom is -0.478 e. The molecule has 0 unspecified atom stereocenters. The molecule has 0 bridgehead atoms. The average Bonchev–Trinajstić information content (AvgIpc) is 2.39. The van der Waals surface area contributed by atoms with E-state index in [0.29, 0.717) is 16.1 Å². The van der Waals surface area contributed by atoms with E-state index in [2.05, 4.69) is 0 Å². The van der Waals surface area contributed by atoms with Crippen LogP contribution >= 0.6 is 11.6 Å². The van der Waals surface area contributed by atoms with E-state index in [1.807, 2.05) is 0 Å². The van der Waals surface area contributed by atoms with E-state index in [1.54, 1.807) is 30.3 Å². The van der Waals surface area contributed by atoms with Crippen LogP contribution in [0.2, 0.25) is 5.02 Å². The van der Waals surface area contributed by atoms with E-state index in [4.69, 9.17) is 16.7 Å². The van der Waals surface area contributed by atoms with Crippen molar-refractivity contribution in [1.82, 2.24) is 0 Å². The van der Waals surface area contributed by atoms with E-state index in [9.17, 15) is 9.59 Å². The van der Waals surface area contributed by atoms with E-state index < -0.39 is 5.97 Å². The maximum atomic E-state index is 11.4. The van der Waals surface area contributed by atoms with Gasteiger partial charge in [-0.2, -0.15) is 0 Å². The molecule has 0 aliphatic heterocycles. The van der Waals surface area contributed by atoms with E-state index >= 15 is 0 Å². The Morgan fingerprint density at radius 3 is 2.42 bits per heavy atom. The summed E-state index contributed by atoms with van der Waals surface area (Å²) >= 11 is 6.09. The number of carboxylic acids is 1. The number of benzene rings is 2. The summed E-state index contributed by atoms with van der Waals surface area (Å²) in [6, 6.07) is 11.4. The van der Waals surface area contributed by atoms with Gasteiger partial charge in [0.05, 0.1) is 5.56 Å². The van der Waals surface area contributed by atoms with Crippen molar-refractivity contribution in [1.29, 1.82) is 0 Å². The zero-order valence-electron chi connectivity index (χ0n) is 10.2. The smallest absolute Gasteiger partial charge is 0.335 e. The monoisotopic (exact) mass is 274 g/mol. The van der Waals surface area contributed by atoms with Gasteiger partial charge in [-0.25, -0.2) is 4.79 Å². The molecule has 2 aromatic rings. The predicted octanol–water partition coefficient (Wildman–Crippen LogP) is 3.91. The molecule has 96 valence electrons. The minimum atomic E-state index is -1.01. The van der Waals surface area contributed by atoms with Gasteiger partial charge in [-0.15, -0.1) is 0 Å². The van der Waals surface area contributed by atoms with Gasteiger partial charge in [0.15, 0.2) is 5.78 Å². The van der Waals surface area contributed by atoms with Crippen LogP contribution < -0.4 is 0 Å². The zero-order valence-corrected chi connectivity index (χ0v) is 10.9. The lowest BCUT2D eigenvalue weighted by atomic mass is 10.00. The number of rotatable bonds is 3. The van der Waals surface area contributed by atoms with Gasteiger partial charge in [-0.05, 0) is 36.8 Å². The lowest BCUT2D eigenvalue weighted by Gasteiger charge is -2.07. The van der Waals surface area contributed by atoms with Gasteiger partial charge in [0.2, 0.25) is 0 Å². The summed E-state index contributed by atoms with van der Waals surface area (Å²) in [6.45, 7) is 1.48. The Balaban J connectivity index is 2.57. The van der Waals surface area contributed by atoms with Crippen LogP contribution in [0.5, 0.6) is 0 Å². The first kappa shape index (κ1) is 13.3. The molecule has 2 aromatic carbocycles. The third-order valence-electron chi connectivity index (χ3n) is 2.79. The second kappa shape index (κ2) is 5.24. The highest BCUT2D eigenvalue weighted by molar-refractivity contribution is 6.33. The number of ketones is 1. The lowest BCUT2D eigenvalue weighted by Crippen LogP contribution is -1.97. The molecule has 0 amide bonds. The van der Waals surface area contributed by atoms with Crippen molar-refractivity contribution in [2.75, 3.05) is 0 Å². The SMILES string of the molecule is CC(=O)c1cccc(-c2cc(C(=O)O)ccc2Cl)c1. The maximum Gasteiger partial charge on any atom is 0.335 e. The van der Waals surface area contributed by atoms with Crippen LogP contribution in [0.3, 0.4) is 0 Å². The zero-order chi connectivity index (χ0) is 14.0. The molecule has 0 atom stereocenters. The molecule has 0 fully saturated rings. The van der Waals surface area contributed by atoms with Gasteiger partial charge in [-0.1, -0.05) is 29.8 Å². The molecule has 0 aromatic heterocycles. The molecule has 0 aliphatic rings. The van der Waals surface area contributed by atoms with Crippen molar-refractivity contribution in [2.24, 2.45) is 0 Å². The fraction of sp³-hybridized carbons (Fsp3) is 0.0667. The summed E-state index contributed by atoms with van der Waals surface area (Å²) in [4.78, 5) is 22.3. The third kappa shape index (κ3) is 2.83. The Morgan fingerprint density at radius 2 is 1.79 bits per heavy atom. The Bertz CT molecular complexity index is 662. The molecule has 1 N–H and O–H groups in total. The van der Waals surface area contributed by atoms with Crippen molar-refractivity contribution in [3.8, 4) is 11.1 Å². The summed E-state index contributed by atoms with van der Waals surface area (Å²) < 4.78 is 0. The Hall–Kier alpha value is -2.13. The Morgan fingerprint density at radius 1 is 1.05 bits per heavy atom. The molecule has 0 heterocycles. The molecular weight excluding hydrogens is 264 g/mol. The fourth-order valence-corrected chi connectivity index (χ4v) is 2.01. The molecule has 0 saturated carbocycles. The number of Topliss-reactive ketones (excluding diaryl/α,β-unsaturated/α-hetero) is 1. The number of hydrogen-bond donors (Lipinski definition) is 1. The van der Waals surface area contributed by atoms with Crippen LogP contribution in [0.25, 0.3) is 11.1 Å². The van der Waals surface area contributed by atoms with Gasteiger partial charge in [0, 0.05) is 16.1 Å². The number of aromatic carboxylic acids is 1. The van der Waals surface area contributed by atoms with Crippen LogP contribution in [0, 0.1) is 0 Å². The third-order valence-corrected chi connectivity index (χ3v) is 3.12. The quantitative estimate of drug-likeness (QED) is 0.864. The van der Waals surface area contributed by atoms with Gasteiger partial charge < -0.3 is 5.11 Å². The first-order valence-corrected chi connectivity index (χ1v) is 6.01. The second-order valence-corrected chi connectivity index (χ2v) is 4.54. The molecule has 19 heavy (non-hydrogen) atoms. The predicted molar refractivity (Wildman–Crippen MR) is 73.9 cm³/mol. The molecule has 4 heteroatoms. The molecular formula is C15H11ClO3. The number of carboxylic acid groups (broad SMARTS) is 1. The van der Waals surface area contributed by atoms with Crippen LogP contribution in [-0.2, 0) is 0 Å². The Kier molecular flexibility index (Phi) is 3.67. The van der Waals surface area contributed by atoms with Gasteiger partial charge in [0.1, 0.15) is 0 Å². The second-order valence-electron chi connectivity index (χ2n) is 4.14. The lowest BCUT2D eigenvalue weighted by molar-refractivity contribution is 0.0696. The first-order chi connectivity index (χ1) is 8.99. The van der Waals surface area contributed by atoms with Gasteiger partial charge >= 0.3 is 5.97 Å². The fourth-order valence-electron chi connectivity index (χ4n) is 1.79. The number of hydrogen-bond acceptors (Lipinski definition) is 2. The summed E-state index contributed by atoms with van der Waals surface area (Å²) in [5, 5.41) is 9.44. The molecule has 2 rings (SSSR count). The Labute approximate surface area is 115 Å². The van der Waals surface area contributed by atoms with Crippen LogP contribution in [0.1, 0.15) is 27.6 Å². The molecule has 3 nitrogen and oxygen atoms in total. The normalized spacial score (nSPS) is 10.2. The van der Waals surface area contributed by atoms with Crippen molar-refractivity contribution in [2.45, 2.75) is 6.92 Å². The van der Waals surface area contributed by atoms with Crippen molar-refractivity contribution < 1.29 is 14.7 Å². The van der Waals surface area contributed by atoms with E-state index in [0.717, 1.165) is 5.56 Å². The van der Waals surface area contributed by atoms with Crippen molar-refractivity contribution >= 4 is 23.4 Å². The summed E-state index contributed by atoms with van der Waals surface area (Å²) in [6.07, 6.45) is 0. The summed E-state index contributed by atoms with van der Waals surface area (Å²) in [5.74, 6) is -1.06. The number of carbonyl (C=O) groups is 2. The number of halogens is 1. The summed E-state index contributed by atoms with van der Waals surface area (Å²) in [7, 11) is 0. The van der Waals surface area contributed by atoms with E-state index in [-0.39, 0.29) is 11.3 Å².